The number of phenols is 2. The first-order chi connectivity index (χ1) is 11.0. The molecule has 0 saturated carbocycles. The van der Waals surface area contributed by atoms with Gasteiger partial charge in [0.25, 0.3) is 0 Å². The Bertz CT molecular complexity index is 712. The highest BCUT2D eigenvalue weighted by Crippen LogP contribution is 2.36. The lowest BCUT2D eigenvalue weighted by atomic mass is 9.83. The Morgan fingerprint density at radius 2 is 1.78 bits per heavy atom. The van der Waals surface area contributed by atoms with E-state index in [4.69, 9.17) is 4.74 Å². The van der Waals surface area contributed by atoms with Gasteiger partial charge in [0.15, 0.2) is 0 Å². The minimum absolute atomic E-state index is 0.0660. The molecule has 5 heteroatoms. The molecule has 3 unspecified atom stereocenters. The largest absolute Gasteiger partial charge is 0.508 e. The summed E-state index contributed by atoms with van der Waals surface area (Å²) in [6.45, 7) is 0.138. The van der Waals surface area contributed by atoms with Crippen molar-refractivity contribution >= 4 is 5.97 Å². The van der Waals surface area contributed by atoms with Gasteiger partial charge in [-0.05, 0) is 41.8 Å². The Kier molecular flexibility index (Phi) is 4.21. The van der Waals surface area contributed by atoms with Crippen LogP contribution in [-0.4, -0.2) is 27.9 Å². The lowest BCUT2D eigenvalue weighted by Gasteiger charge is -2.21. The van der Waals surface area contributed by atoms with E-state index in [1.807, 2.05) is 6.07 Å². The molecule has 1 aliphatic rings. The second-order valence-corrected chi connectivity index (χ2v) is 5.81. The smallest absolute Gasteiger partial charge is 0.309 e. The van der Waals surface area contributed by atoms with E-state index in [9.17, 15) is 20.1 Å². The molecule has 0 amide bonds. The molecule has 1 heterocycles. The zero-order chi connectivity index (χ0) is 16.4. The molecule has 0 aliphatic carbocycles. The van der Waals surface area contributed by atoms with Crippen molar-refractivity contribution in [3.05, 3.63) is 59.7 Å². The molecule has 1 fully saturated rings. The van der Waals surface area contributed by atoms with Gasteiger partial charge in [0, 0.05) is 5.92 Å². The van der Waals surface area contributed by atoms with Crippen LogP contribution in [0, 0.1) is 11.8 Å². The molecular formula is C18H18O5. The lowest BCUT2D eigenvalue weighted by Crippen LogP contribution is -2.24. The summed E-state index contributed by atoms with van der Waals surface area (Å²) in [5.41, 5.74) is 1.36. The van der Waals surface area contributed by atoms with Crippen LogP contribution in [0.5, 0.6) is 11.5 Å². The van der Waals surface area contributed by atoms with Gasteiger partial charge in [-0.3, -0.25) is 4.79 Å². The van der Waals surface area contributed by atoms with Crippen LogP contribution < -0.4 is 0 Å². The number of hydrogen-bond acceptors (Lipinski definition) is 5. The molecule has 23 heavy (non-hydrogen) atoms. The number of carbonyl (C=O) groups excluding carboxylic acids is 1. The Labute approximate surface area is 133 Å². The number of ether oxygens (including phenoxy) is 1. The summed E-state index contributed by atoms with van der Waals surface area (Å²) in [6.07, 6.45) is -0.524. The standard InChI is InChI=1S/C18H18O5/c19-13-5-1-3-11(7-13)8-15-16(10-23-18(15)22)17(21)12-4-2-6-14(20)9-12/h1-7,9,15-17,19-21H,8,10H2. The van der Waals surface area contributed by atoms with Crippen molar-refractivity contribution in [2.45, 2.75) is 12.5 Å². The van der Waals surface area contributed by atoms with E-state index in [0.717, 1.165) is 5.56 Å². The van der Waals surface area contributed by atoms with Gasteiger partial charge >= 0.3 is 5.97 Å². The zero-order valence-electron chi connectivity index (χ0n) is 12.4. The van der Waals surface area contributed by atoms with E-state index >= 15 is 0 Å². The number of aliphatic hydroxyl groups is 1. The van der Waals surface area contributed by atoms with Crippen molar-refractivity contribution in [3.8, 4) is 11.5 Å². The van der Waals surface area contributed by atoms with Gasteiger partial charge in [-0.2, -0.15) is 0 Å². The van der Waals surface area contributed by atoms with Crippen molar-refractivity contribution in [1.29, 1.82) is 0 Å². The monoisotopic (exact) mass is 314 g/mol. The van der Waals surface area contributed by atoms with Crippen LogP contribution in [0.4, 0.5) is 0 Å². The summed E-state index contributed by atoms with van der Waals surface area (Å²) in [5.74, 6) is -1.03. The SMILES string of the molecule is O=C1OCC(C(O)c2cccc(O)c2)C1Cc1cccc(O)c1. The summed E-state index contributed by atoms with van der Waals surface area (Å²) in [4.78, 5) is 12.0. The van der Waals surface area contributed by atoms with Gasteiger partial charge in [0.2, 0.25) is 0 Å². The maximum absolute atomic E-state index is 12.0. The molecule has 120 valence electrons. The van der Waals surface area contributed by atoms with Crippen molar-refractivity contribution < 1.29 is 24.9 Å². The highest BCUT2D eigenvalue weighted by Gasteiger charge is 2.41. The first-order valence-electron chi connectivity index (χ1n) is 7.46. The molecule has 1 saturated heterocycles. The normalized spacial score (nSPS) is 21.9. The van der Waals surface area contributed by atoms with Crippen molar-refractivity contribution in [3.63, 3.8) is 0 Å². The van der Waals surface area contributed by atoms with Crippen LogP contribution in [0.2, 0.25) is 0 Å². The molecule has 0 aromatic heterocycles. The topological polar surface area (TPSA) is 87.0 Å². The van der Waals surface area contributed by atoms with Gasteiger partial charge < -0.3 is 20.1 Å². The van der Waals surface area contributed by atoms with Crippen LogP contribution in [0.3, 0.4) is 0 Å². The van der Waals surface area contributed by atoms with Gasteiger partial charge in [0.1, 0.15) is 11.5 Å². The number of aromatic hydroxyl groups is 2. The van der Waals surface area contributed by atoms with E-state index in [-0.39, 0.29) is 24.1 Å². The number of carbonyl (C=O) groups is 1. The second-order valence-electron chi connectivity index (χ2n) is 5.81. The predicted octanol–water partition coefficient (Wildman–Crippen LogP) is 2.16. The summed E-state index contributed by atoms with van der Waals surface area (Å²) in [7, 11) is 0. The molecule has 0 bridgehead atoms. The first kappa shape index (κ1) is 15.4. The van der Waals surface area contributed by atoms with Crippen molar-refractivity contribution in [2.24, 2.45) is 11.8 Å². The highest BCUT2D eigenvalue weighted by atomic mass is 16.5. The van der Waals surface area contributed by atoms with Crippen LogP contribution in [0.25, 0.3) is 0 Å². The Balaban J connectivity index is 1.82. The molecule has 0 spiro atoms. The minimum atomic E-state index is -0.907. The average molecular weight is 314 g/mol. The van der Waals surface area contributed by atoms with Crippen LogP contribution in [-0.2, 0) is 16.0 Å². The van der Waals surface area contributed by atoms with Crippen LogP contribution >= 0.6 is 0 Å². The fourth-order valence-corrected chi connectivity index (χ4v) is 3.02. The van der Waals surface area contributed by atoms with E-state index in [1.54, 1.807) is 30.3 Å². The highest BCUT2D eigenvalue weighted by molar-refractivity contribution is 5.75. The first-order valence-corrected chi connectivity index (χ1v) is 7.46. The van der Waals surface area contributed by atoms with Crippen molar-refractivity contribution in [2.75, 3.05) is 6.61 Å². The Morgan fingerprint density at radius 1 is 1.09 bits per heavy atom. The lowest BCUT2D eigenvalue weighted by molar-refractivity contribution is -0.141. The maximum atomic E-state index is 12.0. The van der Waals surface area contributed by atoms with E-state index < -0.39 is 17.9 Å². The van der Waals surface area contributed by atoms with E-state index in [1.165, 1.54) is 12.1 Å². The molecule has 3 N–H and O–H groups in total. The fraction of sp³-hybridized carbons (Fsp3) is 0.278. The predicted molar refractivity (Wildman–Crippen MR) is 82.8 cm³/mol. The number of phenolic OH excluding ortho intramolecular Hbond substituents is 2. The summed E-state index contributed by atoms with van der Waals surface area (Å²) >= 11 is 0. The van der Waals surface area contributed by atoms with E-state index in [0.29, 0.717) is 12.0 Å². The third kappa shape index (κ3) is 3.29. The van der Waals surface area contributed by atoms with Gasteiger partial charge in [0.05, 0.1) is 18.6 Å². The molecule has 2 aromatic rings. The molecule has 3 atom stereocenters. The summed E-state index contributed by atoms with van der Waals surface area (Å²) in [6, 6.07) is 13.1. The van der Waals surface area contributed by atoms with Gasteiger partial charge in [-0.15, -0.1) is 0 Å². The molecule has 0 radical (unpaired) electrons. The number of cyclic esters (lactones) is 1. The third-order valence-corrected chi connectivity index (χ3v) is 4.22. The summed E-state index contributed by atoms with van der Waals surface area (Å²) in [5, 5.41) is 29.7. The minimum Gasteiger partial charge on any atom is -0.508 e. The van der Waals surface area contributed by atoms with Gasteiger partial charge in [-0.25, -0.2) is 0 Å². The Morgan fingerprint density at radius 3 is 2.48 bits per heavy atom. The van der Waals surface area contributed by atoms with Crippen molar-refractivity contribution in [1.82, 2.24) is 0 Å². The molecule has 1 aliphatic heterocycles. The summed E-state index contributed by atoms with van der Waals surface area (Å²) < 4.78 is 5.13. The molecular weight excluding hydrogens is 296 g/mol. The van der Waals surface area contributed by atoms with E-state index in [2.05, 4.69) is 0 Å². The van der Waals surface area contributed by atoms with Crippen LogP contribution in [0.15, 0.2) is 48.5 Å². The zero-order valence-corrected chi connectivity index (χ0v) is 12.4. The third-order valence-electron chi connectivity index (χ3n) is 4.22. The van der Waals surface area contributed by atoms with Crippen LogP contribution in [0.1, 0.15) is 17.2 Å². The fourth-order valence-electron chi connectivity index (χ4n) is 3.02. The number of benzene rings is 2. The quantitative estimate of drug-likeness (QED) is 0.753. The number of esters is 1. The van der Waals surface area contributed by atoms with Gasteiger partial charge in [-0.1, -0.05) is 24.3 Å². The maximum Gasteiger partial charge on any atom is 0.309 e. The molecule has 5 nitrogen and oxygen atoms in total. The average Bonchev–Trinajstić information content (AvgIpc) is 2.88. The second kappa shape index (κ2) is 6.30. The molecule has 3 rings (SSSR count). The molecule has 2 aromatic carbocycles. The number of aliphatic hydroxyl groups excluding tert-OH is 1. The Hall–Kier alpha value is -2.53. The number of rotatable bonds is 4. The number of hydrogen-bond donors (Lipinski definition) is 3.